The first-order chi connectivity index (χ1) is 14.0. The van der Waals surface area contributed by atoms with Gasteiger partial charge in [-0.05, 0) is 38.3 Å². The van der Waals surface area contributed by atoms with Gasteiger partial charge in [0, 0.05) is 29.4 Å². The molecule has 0 N–H and O–H groups in total. The average molecular weight is 408 g/mol. The fraction of sp³-hybridized carbons (Fsp3) is 0.478. The molecule has 3 nitrogen and oxygen atoms in total. The molecule has 1 saturated heterocycles. The summed E-state index contributed by atoms with van der Waals surface area (Å²) in [6.07, 6.45) is 2.53. The summed E-state index contributed by atoms with van der Waals surface area (Å²) in [4.78, 5) is 0. The minimum Gasteiger partial charge on any atom is -0.493 e. The van der Waals surface area contributed by atoms with Gasteiger partial charge >= 0.3 is 0 Å². The molecule has 1 aliphatic heterocycles. The summed E-state index contributed by atoms with van der Waals surface area (Å²) in [5.41, 5.74) is 0.0322. The Kier molecular flexibility index (Phi) is 7.56. The van der Waals surface area contributed by atoms with Crippen LogP contribution in [0, 0.1) is 17.5 Å². The third-order valence-electron chi connectivity index (χ3n) is 5.09. The first-order valence-electron chi connectivity index (χ1n) is 10.2. The Bertz CT molecular complexity index is 817. The SMILES string of the molecule is CCCCOc1ccc(-c2ccc(C3CCC(OCC)CO3)c(F)c2F)c(F)c1. The topological polar surface area (TPSA) is 27.7 Å². The van der Waals surface area contributed by atoms with E-state index in [1.54, 1.807) is 6.07 Å². The molecular formula is C23H27F3O3. The second-order valence-corrected chi connectivity index (χ2v) is 7.15. The zero-order valence-electron chi connectivity index (χ0n) is 16.8. The quantitative estimate of drug-likeness (QED) is 0.486. The molecule has 2 aromatic carbocycles. The molecule has 2 aromatic rings. The van der Waals surface area contributed by atoms with E-state index in [2.05, 4.69) is 0 Å². The lowest BCUT2D eigenvalue weighted by molar-refractivity contribution is -0.0850. The maximum atomic E-state index is 14.8. The molecule has 2 atom stereocenters. The summed E-state index contributed by atoms with van der Waals surface area (Å²) in [6, 6.07) is 7.07. The van der Waals surface area contributed by atoms with Gasteiger partial charge in [-0.15, -0.1) is 0 Å². The van der Waals surface area contributed by atoms with E-state index in [1.165, 1.54) is 24.3 Å². The van der Waals surface area contributed by atoms with Gasteiger partial charge in [0.15, 0.2) is 11.6 Å². The Morgan fingerprint density at radius 3 is 2.45 bits per heavy atom. The van der Waals surface area contributed by atoms with Crippen molar-refractivity contribution in [2.45, 2.75) is 51.7 Å². The van der Waals surface area contributed by atoms with Crippen LogP contribution in [-0.4, -0.2) is 25.9 Å². The smallest absolute Gasteiger partial charge is 0.167 e. The molecule has 6 heteroatoms. The van der Waals surface area contributed by atoms with Crippen LogP contribution in [0.2, 0.25) is 0 Å². The minimum absolute atomic E-state index is 0.00300. The molecule has 0 amide bonds. The lowest BCUT2D eigenvalue weighted by Crippen LogP contribution is -2.28. The average Bonchev–Trinajstić information content (AvgIpc) is 2.72. The van der Waals surface area contributed by atoms with Crippen LogP contribution in [0.5, 0.6) is 5.75 Å². The Balaban J connectivity index is 1.77. The molecule has 0 aromatic heterocycles. The number of hydrogen-bond donors (Lipinski definition) is 0. The second kappa shape index (κ2) is 10.1. The van der Waals surface area contributed by atoms with Crippen molar-refractivity contribution in [3.8, 4) is 16.9 Å². The molecule has 0 aliphatic carbocycles. The Morgan fingerprint density at radius 2 is 1.79 bits per heavy atom. The minimum atomic E-state index is -1.07. The van der Waals surface area contributed by atoms with E-state index in [9.17, 15) is 13.2 Å². The molecule has 1 aliphatic rings. The van der Waals surface area contributed by atoms with E-state index in [4.69, 9.17) is 14.2 Å². The highest BCUT2D eigenvalue weighted by molar-refractivity contribution is 5.66. The van der Waals surface area contributed by atoms with E-state index in [0.717, 1.165) is 19.3 Å². The third-order valence-corrected chi connectivity index (χ3v) is 5.09. The fourth-order valence-electron chi connectivity index (χ4n) is 3.50. The van der Waals surface area contributed by atoms with Crippen LogP contribution >= 0.6 is 0 Å². The van der Waals surface area contributed by atoms with Gasteiger partial charge in [0.1, 0.15) is 11.6 Å². The number of unbranched alkanes of at least 4 members (excludes halogenated alkanes) is 1. The molecule has 1 heterocycles. The molecule has 0 bridgehead atoms. The summed E-state index contributed by atoms with van der Waals surface area (Å²) < 4.78 is 60.7. The van der Waals surface area contributed by atoms with Crippen molar-refractivity contribution in [3.63, 3.8) is 0 Å². The van der Waals surface area contributed by atoms with Crippen LogP contribution in [-0.2, 0) is 9.47 Å². The van der Waals surface area contributed by atoms with Crippen molar-refractivity contribution < 1.29 is 27.4 Å². The maximum Gasteiger partial charge on any atom is 0.167 e. The number of rotatable bonds is 8. The summed E-state index contributed by atoms with van der Waals surface area (Å²) in [6.45, 7) is 5.35. The Morgan fingerprint density at radius 1 is 1.00 bits per heavy atom. The van der Waals surface area contributed by atoms with Crippen LogP contribution in [0.15, 0.2) is 30.3 Å². The third kappa shape index (κ3) is 5.11. The highest BCUT2D eigenvalue weighted by Gasteiger charge is 2.28. The van der Waals surface area contributed by atoms with E-state index in [0.29, 0.717) is 32.0 Å². The second-order valence-electron chi connectivity index (χ2n) is 7.15. The van der Waals surface area contributed by atoms with Gasteiger partial charge in [-0.2, -0.15) is 0 Å². The van der Waals surface area contributed by atoms with Crippen LogP contribution < -0.4 is 4.74 Å². The van der Waals surface area contributed by atoms with E-state index in [-0.39, 0.29) is 22.8 Å². The zero-order valence-corrected chi connectivity index (χ0v) is 16.8. The van der Waals surface area contributed by atoms with Crippen molar-refractivity contribution in [1.82, 2.24) is 0 Å². The number of benzene rings is 2. The normalized spacial score (nSPS) is 19.3. The number of halogens is 3. The first kappa shape index (κ1) is 21.7. The molecule has 29 heavy (non-hydrogen) atoms. The molecule has 1 fully saturated rings. The monoisotopic (exact) mass is 408 g/mol. The summed E-state index contributed by atoms with van der Waals surface area (Å²) in [5.74, 6) is -2.35. The van der Waals surface area contributed by atoms with Gasteiger partial charge in [-0.25, -0.2) is 13.2 Å². The Labute approximate surface area is 169 Å². The Hall–Kier alpha value is -2.05. The standard InChI is InChI=1S/C23H27F3O3/c1-3-5-12-28-15-6-8-17(20(24)13-15)18-9-10-19(23(26)22(18)25)21-11-7-16(14-29-21)27-4-2/h6,8-10,13,16,21H,3-5,7,11-12,14H2,1-2H3. The van der Waals surface area contributed by atoms with Gasteiger partial charge in [0.2, 0.25) is 0 Å². The van der Waals surface area contributed by atoms with Crippen molar-refractivity contribution in [3.05, 3.63) is 53.3 Å². The predicted octanol–water partition coefficient (Wildman–Crippen LogP) is 6.21. The highest BCUT2D eigenvalue weighted by Crippen LogP contribution is 2.36. The van der Waals surface area contributed by atoms with Crippen molar-refractivity contribution in [1.29, 1.82) is 0 Å². The van der Waals surface area contributed by atoms with E-state index < -0.39 is 23.6 Å². The van der Waals surface area contributed by atoms with Crippen molar-refractivity contribution in [2.75, 3.05) is 19.8 Å². The molecule has 0 saturated carbocycles. The highest BCUT2D eigenvalue weighted by atomic mass is 19.2. The molecule has 0 radical (unpaired) electrons. The van der Waals surface area contributed by atoms with Gasteiger partial charge in [0.25, 0.3) is 0 Å². The molecular weight excluding hydrogens is 381 g/mol. The fourth-order valence-corrected chi connectivity index (χ4v) is 3.50. The summed E-state index contributed by atoms with van der Waals surface area (Å²) in [7, 11) is 0. The number of ether oxygens (including phenoxy) is 3. The summed E-state index contributed by atoms with van der Waals surface area (Å²) in [5, 5.41) is 0. The molecule has 0 spiro atoms. The lowest BCUT2D eigenvalue weighted by atomic mass is 9.96. The number of hydrogen-bond acceptors (Lipinski definition) is 3. The molecule has 2 unspecified atom stereocenters. The zero-order chi connectivity index (χ0) is 20.8. The van der Waals surface area contributed by atoms with Crippen molar-refractivity contribution in [2.24, 2.45) is 0 Å². The van der Waals surface area contributed by atoms with Gasteiger partial charge in [-0.3, -0.25) is 0 Å². The van der Waals surface area contributed by atoms with Gasteiger partial charge in [-0.1, -0.05) is 25.5 Å². The first-order valence-corrected chi connectivity index (χ1v) is 10.2. The predicted molar refractivity (Wildman–Crippen MR) is 105 cm³/mol. The van der Waals surface area contributed by atoms with E-state index >= 15 is 0 Å². The molecule has 158 valence electrons. The lowest BCUT2D eigenvalue weighted by Gasteiger charge is -2.29. The maximum absolute atomic E-state index is 14.8. The largest absolute Gasteiger partial charge is 0.493 e. The van der Waals surface area contributed by atoms with Crippen LogP contribution in [0.1, 0.15) is 51.2 Å². The van der Waals surface area contributed by atoms with Gasteiger partial charge in [0.05, 0.1) is 25.4 Å². The van der Waals surface area contributed by atoms with Crippen LogP contribution in [0.3, 0.4) is 0 Å². The van der Waals surface area contributed by atoms with Crippen LogP contribution in [0.25, 0.3) is 11.1 Å². The molecule has 3 rings (SSSR count). The van der Waals surface area contributed by atoms with Crippen LogP contribution in [0.4, 0.5) is 13.2 Å². The van der Waals surface area contributed by atoms with E-state index in [1.807, 2.05) is 13.8 Å². The van der Waals surface area contributed by atoms with Crippen molar-refractivity contribution >= 4 is 0 Å². The van der Waals surface area contributed by atoms with Gasteiger partial charge < -0.3 is 14.2 Å². The summed E-state index contributed by atoms with van der Waals surface area (Å²) >= 11 is 0.